The van der Waals surface area contributed by atoms with Crippen LogP contribution in [0.5, 0.6) is 0 Å². The number of rotatable bonds is 4. The summed E-state index contributed by atoms with van der Waals surface area (Å²) in [7, 11) is 0. The van der Waals surface area contributed by atoms with Gasteiger partial charge in [-0.1, -0.05) is 11.8 Å². The average Bonchev–Trinajstić information content (AvgIpc) is 2.73. The van der Waals surface area contributed by atoms with Gasteiger partial charge in [0.05, 0.1) is 5.25 Å². The Balaban J connectivity index is 2.09. The Hall–Kier alpha value is -2.33. The van der Waals surface area contributed by atoms with Gasteiger partial charge >= 0.3 is 0 Å². The van der Waals surface area contributed by atoms with Crippen molar-refractivity contribution in [1.29, 1.82) is 5.26 Å². The molecule has 1 unspecified atom stereocenters. The highest BCUT2D eigenvalue weighted by Gasteiger charge is 2.21. The molecule has 2 aromatic rings. The number of nitrogens with one attached hydrogen (secondary N) is 1. The Morgan fingerprint density at radius 3 is 2.77 bits per heavy atom. The van der Waals surface area contributed by atoms with Crippen LogP contribution in [0.15, 0.2) is 21.8 Å². The molecule has 0 aliphatic heterocycles. The number of aromatic nitrogens is 2. The molecule has 0 aliphatic carbocycles. The van der Waals surface area contributed by atoms with Crippen LogP contribution in [-0.4, -0.2) is 21.1 Å². The predicted molar refractivity (Wildman–Crippen MR) is 83.6 cm³/mol. The van der Waals surface area contributed by atoms with Crippen molar-refractivity contribution >= 4 is 23.6 Å². The molecule has 7 heteroatoms. The van der Waals surface area contributed by atoms with Gasteiger partial charge in [-0.15, -0.1) is 0 Å². The van der Waals surface area contributed by atoms with Gasteiger partial charge in [-0.25, -0.2) is 9.97 Å². The molecule has 2 rings (SSSR count). The molecule has 0 fully saturated rings. The van der Waals surface area contributed by atoms with Crippen molar-refractivity contribution in [2.45, 2.75) is 38.0 Å². The number of furan rings is 1. The molecule has 0 radical (unpaired) electrons. The molecule has 114 valence electrons. The molecule has 0 aliphatic rings. The van der Waals surface area contributed by atoms with E-state index in [4.69, 9.17) is 9.68 Å². The molecule has 0 bridgehead atoms. The number of nitriles is 1. The Kier molecular flexibility index (Phi) is 4.83. The number of aryl methyl sites for hydroxylation is 2. The summed E-state index contributed by atoms with van der Waals surface area (Å²) in [4.78, 5) is 20.4. The van der Waals surface area contributed by atoms with Crippen molar-refractivity contribution in [3.63, 3.8) is 0 Å². The standard InChI is InChI=1S/C15H16N4O2S/c1-8-5-13(18-7-17-8)22-11(4)14(20)19-15-12(6-16)9(2)10(3)21-15/h5,7,11H,1-4H3,(H,19,20). The van der Waals surface area contributed by atoms with E-state index >= 15 is 0 Å². The summed E-state index contributed by atoms with van der Waals surface area (Å²) in [6.45, 7) is 7.18. The minimum atomic E-state index is -0.383. The van der Waals surface area contributed by atoms with Crippen LogP contribution in [0.1, 0.15) is 29.5 Å². The Morgan fingerprint density at radius 1 is 1.41 bits per heavy atom. The molecule has 1 atom stereocenters. The zero-order chi connectivity index (χ0) is 16.3. The Labute approximate surface area is 133 Å². The van der Waals surface area contributed by atoms with Gasteiger partial charge in [0.2, 0.25) is 11.8 Å². The number of thioether (sulfide) groups is 1. The topological polar surface area (TPSA) is 91.8 Å². The molecule has 0 saturated carbocycles. The molecule has 1 amide bonds. The van der Waals surface area contributed by atoms with Crippen molar-refractivity contribution in [2.75, 3.05) is 5.32 Å². The number of hydrogen-bond donors (Lipinski definition) is 1. The number of carbonyl (C=O) groups excluding carboxylic acids is 1. The molecule has 2 heterocycles. The monoisotopic (exact) mass is 316 g/mol. The van der Waals surface area contributed by atoms with Crippen LogP contribution in [0.3, 0.4) is 0 Å². The highest BCUT2D eigenvalue weighted by atomic mass is 32.2. The molecule has 1 N–H and O–H groups in total. The first-order chi connectivity index (χ1) is 10.4. The van der Waals surface area contributed by atoms with Crippen LogP contribution >= 0.6 is 11.8 Å². The van der Waals surface area contributed by atoms with Crippen LogP contribution in [0.2, 0.25) is 0 Å². The summed E-state index contributed by atoms with van der Waals surface area (Å²) >= 11 is 1.32. The normalized spacial score (nSPS) is 11.8. The number of nitrogens with zero attached hydrogens (tertiary/aromatic N) is 3. The summed E-state index contributed by atoms with van der Waals surface area (Å²) in [6, 6.07) is 3.87. The van der Waals surface area contributed by atoms with E-state index in [0.29, 0.717) is 11.3 Å². The second-order valence-corrected chi connectivity index (χ2v) is 6.21. The highest BCUT2D eigenvalue weighted by molar-refractivity contribution is 8.00. The van der Waals surface area contributed by atoms with E-state index in [1.165, 1.54) is 18.1 Å². The third kappa shape index (κ3) is 3.46. The van der Waals surface area contributed by atoms with E-state index < -0.39 is 0 Å². The number of amides is 1. The van der Waals surface area contributed by atoms with Gasteiger partial charge in [-0.3, -0.25) is 10.1 Å². The number of hydrogen-bond acceptors (Lipinski definition) is 6. The van der Waals surface area contributed by atoms with Crippen molar-refractivity contribution in [1.82, 2.24) is 9.97 Å². The second kappa shape index (κ2) is 6.62. The van der Waals surface area contributed by atoms with E-state index in [2.05, 4.69) is 21.4 Å². The predicted octanol–water partition coefficient (Wildman–Crippen LogP) is 2.99. The van der Waals surface area contributed by atoms with E-state index in [1.807, 2.05) is 13.0 Å². The lowest BCUT2D eigenvalue weighted by atomic mass is 10.2. The maximum Gasteiger partial charge on any atom is 0.239 e. The van der Waals surface area contributed by atoms with E-state index in [0.717, 1.165) is 16.3 Å². The molecule has 2 aromatic heterocycles. The second-order valence-electron chi connectivity index (χ2n) is 4.85. The smallest absolute Gasteiger partial charge is 0.239 e. The van der Waals surface area contributed by atoms with Crippen molar-refractivity contribution in [2.24, 2.45) is 0 Å². The summed E-state index contributed by atoms with van der Waals surface area (Å²) in [5.41, 5.74) is 1.94. The van der Waals surface area contributed by atoms with Crippen LogP contribution < -0.4 is 5.32 Å². The third-order valence-corrected chi connectivity index (χ3v) is 4.21. The third-order valence-electron chi connectivity index (χ3n) is 3.18. The first-order valence-corrected chi connectivity index (χ1v) is 7.56. The Morgan fingerprint density at radius 2 is 2.14 bits per heavy atom. The Bertz CT molecular complexity index is 748. The lowest BCUT2D eigenvalue weighted by molar-refractivity contribution is -0.115. The van der Waals surface area contributed by atoms with Gasteiger partial charge in [-0.2, -0.15) is 5.26 Å². The van der Waals surface area contributed by atoms with E-state index in [-0.39, 0.29) is 17.0 Å². The number of carbonyl (C=O) groups is 1. The molecule has 0 saturated heterocycles. The first-order valence-electron chi connectivity index (χ1n) is 6.68. The minimum absolute atomic E-state index is 0.203. The molecule has 22 heavy (non-hydrogen) atoms. The molecular formula is C15H16N4O2S. The summed E-state index contributed by atoms with van der Waals surface area (Å²) in [5, 5.41) is 12.2. The van der Waals surface area contributed by atoms with Gasteiger partial charge in [0, 0.05) is 11.3 Å². The summed E-state index contributed by atoms with van der Waals surface area (Å²) in [6.07, 6.45) is 1.47. The molecule has 6 nitrogen and oxygen atoms in total. The molecular weight excluding hydrogens is 300 g/mol. The number of anilines is 1. The summed E-state index contributed by atoms with van der Waals surface area (Å²) in [5.74, 6) is 0.582. The lowest BCUT2D eigenvalue weighted by Gasteiger charge is -2.10. The fraction of sp³-hybridized carbons (Fsp3) is 0.333. The van der Waals surface area contributed by atoms with Crippen LogP contribution in [0.25, 0.3) is 0 Å². The quantitative estimate of drug-likeness (QED) is 0.688. The first kappa shape index (κ1) is 16.0. The van der Waals surface area contributed by atoms with Gasteiger partial charge in [-0.05, 0) is 33.8 Å². The zero-order valence-electron chi connectivity index (χ0n) is 12.8. The maximum absolute atomic E-state index is 12.2. The van der Waals surface area contributed by atoms with Gasteiger partial charge in [0.1, 0.15) is 28.7 Å². The average molecular weight is 316 g/mol. The van der Waals surface area contributed by atoms with Crippen molar-refractivity contribution in [3.8, 4) is 6.07 Å². The molecule has 0 aromatic carbocycles. The maximum atomic E-state index is 12.2. The van der Waals surface area contributed by atoms with Gasteiger partial charge in [0.25, 0.3) is 0 Å². The van der Waals surface area contributed by atoms with Gasteiger partial charge < -0.3 is 4.42 Å². The van der Waals surface area contributed by atoms with E-state index in [9.17, 15) is 4.79 Å². The van der Waals surface area contributed by atoms with E-state index in [1.54, 1.807) is 20.8 Å². The lowest BCUT2D eigenvalue weighted by Crippen LogP contribution is -2.22. The minimum Gasteiger partial charge on any atom is -0.444 e. The highest BCUT2D eigenvalue weighted by Crippen LogP contribution is 2.27. The zero-order valence-corrected chi connectivity index (χ0v) is 13.6. The fourth-order valence-corrected chi connectivity index (χ4v) is 2.67. The van der Waals surface area contributed by atoms with Crippen molar-refractivity contribution < 1.29 is 9.21 Å². The van der Waals surface area contributed by atoms with Crippen LogP contribution in [0, 0.1) is 32.1 Å². The fourth-order valence-electron chi connectivity index (χ4n) is 1.79. The SMILES string of the molecule is Cc1cc(SC(C)C(=O)Nc2oc(C)c(C)c2C#N)ncn1. The molecule has 0 spiro atoms. The van der Waals surface area contributed by atoms with Crippen molar-refractivity contribution in [3.05, 3.63) is 35.0 Å². The largest absolute Gasteiger partial charge is 0.444 e. The van der Waals surface area contributed by atoms with Crippen LogP contribution in [0.4, 0.5) is 5.88 Å². The van der Waals surface area contributed by atoms with Gasteiger partial charge in [0.15, 0.2) is 0 Å². The van der Waals surface area contributed by atoms with Crippen LogP contribution in [-0.2, 0) is 4.79 Å². The summed E-state index contributed by atoms with van der Waals surface area (Å²) < 4.78 is 5.44.